The molecule has 0 radical (unpaired) electrons. The van der Waals surface area contributed by atoms with Gasteiger partial charge in [-0.2, -0.15) is 0 Å². The average molecular weight is 349 g/mol. The third-order valence-corrected chi connectivity index (χ3v) is 4.42. The van der Waals surface area contributed by atoms with E-state index in [4.69, 9.17) is 4.74 Å². The van der Waals surface area contributed by atoms with Crippen molar-refractivity contribution in [2.24, 2.45) is 4.99 Å². The Bertz CT molecular complexity index is 464. The van der Waals surface area contributed by atoms with E-state index >= 15 is 0 Å². The zero-order valence-electron chi connectivity index (χ0n) is 16.4. The van der Waals surface area contributed by atoms with Crippen LogP contribution in [0, 0.1) is 0 Å². The van der Waals surface area contributed by atoms with Gasteiger partial charge < -0.3 is 15.4 Å². The molecule has 0 aliphatic rings. The fraction of sp³-hybridized carbons (Fsp3) is 0.650. The molecule has 142 valence electrons. The summed E-state index contributed by atoms with van der Waals surface area (Å²) in [6.45, 7) is 5.98. The second kappa shape index (κ2) is 13.7. The van der Waals surface area contributed by atoms with E-state index < -0.39 is 0 Å². The van der Waals surface area contributed by atoms with Gasteiger partial charge in [0.25, 0.3) is 0 Å². The lowest BCUT2D eigenvalue weighted by Gasteiger charge is -2.25. The van der Waals surface area contributed by atoms with E-state index in [0.29, 0.717) is 6.04 Å². The maximum Gasteiger partial charge on any atom is 0.190 e. The van der Waals surface area contributed by atoms with Crippen molar-refractivity contribution in [1.29, 1.82) is 0 Å². The van der Waals surface area contributed by atoms with Crippen LogP contribution in [0.2, 0.25) is 0 Å². The van der Waals surface area contributed by atoms with E-state index in [0.717, 1.165) is 51.5 Å². The number of hydrogen-bond donors (Lipinski definition) is 2. The summed E-state index contributed by atoms with van der Waals surface area (Å²) in [5.74, 6) is 0.893. The molecule has 25 heavy (non-hydrogen) atoms. The number of aliphatic imine (C=N–C) groups is 1. The first-order valence-corrected chi connectivity index (χ1v) is 9.35. The summed E-state index contributed by atoms with van der Waals surface area (Å²) >= 11 is 0. The zero-order chi connectivity index (χ0) is 18.3. The molecule has 0 fully saturated rings. The highest BCUT2D eigenvalue weighted by atomic mass is 16.5. The Morgan fingerprint density at radius 1 is 1.12 bits per heavy atom. The van der Waals surface area contributed by atoms with Crippen LogP contribution in [-0.2, 0) is 11.3 Å². The number of methoxy groups -OCH3 is 1. The summed E-state index contributed by atoms with van der Waals surface area (Å²) in [6, 6.07) is 11.1. The van der Waals surface area contributed by atoms with Crippen molar-refractivity contribution in [3.05, 3.63) is 35.9 Å². The topological polar surface area (TPSA) is 48.9 Å². The number of benzene rings is 1. The Balaban J connectivity index is 2.16. The van der Waals surface area contributed by atoms with E-state index in [1.807, 2.05) is 7.05 Å². The molecule has 0 bridgehead atoms. The fourth-order valence-electron chi connectivity index (χ4n) is 2.62. The molecule has 0 aliphatic heterocycles. The van der Waals surface area contributed by atoms with Crippen LogP contribution in [0.1, 0.15) is 38.2 Å². The number of guanidine groups is 1. The van der Waals surface area contributed by atoms with Crippen molar-refractivity contribution in [3.8, 4) is 0 Å². The van der Waals surface area contributed by atoms with E-state index in [1.165, 1.54) is 12.0 Å². The van der Waals surface area contributed by atoms with Crippen molar-refractivity contribution in [1.82, 2.24) is 15.5 Å². The first-order valence-electron chi connectivity index (χ1n) is 9.35. The summed E-state index contributed by atoms with van der Waals surface area (Å²) < 4.78 is 5.06. The summed E-state index contributed by atoms with van der Waals surface area (Å²) in [6.07, 6.45) is 4.52. The van der Waals surface area contributed by atoms with Gasteiger partial charge in [-0.3, -0.25) is 9.89 Å². The molecule has 5 heteroatoms. The number of rotatable bonds is 12. The number of nitrogens with one attached hydrogen (secondary N) is 2. The summed E-state index contributed by atoms with van der Waals surface area (Å²) in [5.41, 5.74) is 1.36. The van der Waals surface area contributed by atoms with E-state index in [9.17, 15) is 0 Å². The van der Waals surface area contributed by atoms with Gasteiger partial charge in [-0.25, -0.2) is 0 Å². The molecule has 0 spiro atoms. The molecule has 0 amide bonds. The van der Waals surface area contributed by atoms with E-state index in [1.54, 1.807) is 7.11 Å². The van der Waals surface area contributed by atoms with Crippen molar-refractivity contribution in [2.45, 2.75) is 45.2 Å². The van der Waals surface area contributed by atoms with Crippen LogP contribution in [0.25, 0.3) is 0 Å². The van der Waals surface area contributed by atoms with Crippen LogP contribution < -0.4 is 10.6 Å². The predicted octanol–water partition coefficient (Wildman–Crippen LogP) is 2.88. The molecule has 1 rings (SSSR count). The summed E-state index contributed by atoms with van der Waals surface area (Å²) in [7, 11) is 5.76. The summed E-state index contributed by atoms with van der Waals surface area (Å²) in [4.78, 5) is 6.68. The van der Waals surface area contributed by atoms with Gasteiger partial charge in [0, 0.05) is 46.4 Å². The fourth-order valence-corrected chi connectivity index (χ4v) is 2.62. The summed E-state index contributed by atoms with van der Waals surface area (Å²) in [5, 5.41) is 6.78. The first kappa shape index (κ1) is 21.5. The highest BCUT2D eigenvalue weighted by Crippen LogP contribution is 2.07. The lowest BCUT2D eigenvalue weighted by Crippen LogP contribution is -2.40. The Morgan fingerprint density at radius 2 is 1.84 bits per heavy atom. The minimum atomic E-state index is 0.514. The number of ether oxygens (including phenoxy) is 1. The number of nitrogens with zero attached hydrogens (tertiary/aromatic N) is 2. The van der Waals surface area contributed by atoms with Gasteiger partial charge in [-0.1, -0.05) is 30.3 Å². The standard InChI is InChI=1S/C20H36N4O/c1-18(24(3)17-19-11-7-5-8-12-19)13-15-23-20(21-2)22-14-9-6-10-16-25-4/h5,7-8,11-12,18H,6,9-10,13-17H2,1-4H3,(H2,21,22,23). The highest BCUT2D eigenvalue weighted by Gasteiger charge is 2.09. The lowest BCUT2D eigenvalue weighted by atomic mass is 10.1. The molecule has 1 unspecified atom stereocenters. The molecule has 0 saturated heterocycles. The Labute approximate surface area is 153 Å². The third-order valence-electron chi connectivity index (χ3n) is 4.42. The predicted molar refractivity (Wildman–Crippen MR) is 107 cm³/mol. The van der Waals surface area contributed by atoms with Gasteiger partial charge >= 0.3 is 0 Å². The molecule has 5 nitrogen and oxygen atoms in total. The SMILES string of the molecule is CN=C(NCCCCCOC)NCCC(C)N(C)Cc1ccccc1. The smallest absolute Gasteiger partial charge is 0.190 e. The maximum absolute atomic E-state index is 5.06. The van der Waals surface area contributed by atoms with Crippen LogP contribution >= 0.6 is 0 Å². The molecule has 1 atom stereocenters. The molecule has 0 saturated carbocycles. The van der Waals surface area contributed by atoms with Crippen LogP contribution in [0.4, 0.5) is 0 Å². The molecule has 0 aromatic heterocycles. The van der Waals surface area contributed by atoms with Crippen molar-refractivity contribution < 1.29 is 4.74 Å². The third kappa shape index (κ3) is 10.1. The monoisotopic (exact) mass is 348 g/mol. The molecule has 2 N–H and O–H groups in total. The molecule has 0 heterocycles. The highest BCUT2D eigenvalue weighted by molar-refractivity contribution is 5.79. The van der Waals surface area contributed by atoms with Crippen LogP contribution in [0.5, 0.6) is 0 Å². The van der Waals surface area contributed by atoms with Crippen molar-refractivity contribution in [2.75, 3.05) is 40.9 Å². The molecule has 1 aromatic carbocycles. The van der Waals surface area contributed by atoms with Crippen molar-refractivity contribution >= 4 is 5.96 Å². The van der Waals surface area contributed by atoms with Gasteiger partial charge in [0.1, 0.15) is 0 Å². The number of unbranched alkanes of at least 4 members (excludes halogenated alkanes) is 2. The molecule has 1 aromatic rings. The molecular formula is C20H36N4O. The molecule has 0 aliphatic carbocycles. The Morgan fingerprint density at radius 3 is 2.52 bits per heavy atom. The Kier molecular flexibility index (Phi) is 11.7. The normalized spacial score (nSPS) is 13.1. The quantitative estimate of drug-likeness (QED) is 0.346. The second-order valence-corrected chi connectivity index (χ2v) is 6.52. The van der Waals surface area contributed by atoms with E-state index in [-0.39, 0.29) is 0 Å². The van der Waals surface area contributed by atoms with Gasteiger partial charge in [0.2, 0.25) is 0 Å². The van der Waals surface area contributed by atoms with Gasteiger partial charge in [0.15, 0.2) is 5.96 Å². The van der Waals surface area contributed by atoms with Crippen LogP contribution in [0.15, 0.2) is 35.3 Å². The average Bonchev–Trinajstić information content (AvgIpc) is 2.63. The maximum atomic E-state index is 5.06. The van der Waals surface area contributed by atoms with Gasteiger partial charge in [-0.15, -0.1) is 0 Å². The Hall–Kier alpha value is -1.59. The van der Waals surface area contributed by atoms with Crippen LogP contribution in [0.3, 0.4) is 0 Å². The largest absolute Gasteiger partial charge is 0.385 e. The number of hydrogen-bond acceptors (Lipinski definition) is 3. The van der Waals surface area contributed by atoms with Crippen molar-refractivity contribution in [3.63, 3.8) is 0 Å². The second-order valence-electron chi connectivity index (χ2n) is 6.52. The van der Waals surface area contributed by atoms with Gasteiger partial charge in [0.05, 0.1) is 0 Å². The van der Waals surface area contributed by atoms with E-state index in [2.05, 4.69) is 64.8 Å². The minimum Gasteiger partial charge on any atom is -0.385 e. The minimum absolute atomic E-state index is 0.514. The zero-order valence-corrected chi connectivity index (χ0v) is 16.4. The lowest BCUT2D eigenvalue weighted by molar-refractivity contribution is 0.192. The van der Waals surface area contributed by atoms with Gasteiger partial charge in [-0.05, 0) is 45.2 Å². The van der Waals surface area contributed by atoms with Crippen LogP contribution in [-0.4, -0.2) is 57.8 Å². The molecular weight excluding hydrogens is 312 g/mol. The first-order chi connectivity index (χ1) is 12.2.